The molecule has 0 aromatic rings. The highest BCUT2D eigenvalue weighted by Crippen LogP contribution is 2.50. The van der Waals surface area contributed by atoms with E-state index < -0.39 is 12.5 Å². The highest BCUT2D eigenvalue weighted by molar-refractivity contribution is 5.43. The van der Waals surface area contributed by atoms with E-state index in [0.717, 1.165) is 17.0 Å². The third kappa shape index (κ3) is 2.14. The molecule has 1 saturated carbocycles. The summed E-state index contributed by atoms with van der Waals surface area (Å²) in [5, 5.41) is 3.09. The quantitative estimate of drug-likeness (QED) is 0.656. The van der Waals surface area contributed by atoms with Crippen LogP contribution in [0.4, 0.5) is 8.78 Å². The fourth-order valence-corrected chi connectivity index (χ4v) is 4.09. The van der Waals surface area contributed by atoms with Crippen LogP contribution in [-0.2, 0) is 9.47 Å². The first-order valence-corrected chi connectivity index (χ1v) is 8.68. The zero-order valence-electron chi connectivity index (χ0n) is 14.2. The van der Waals surface area contributed by atoms with Crippen LogP contribution in [0.2, 0.25) is 0 Å². The van der Waals surface area contributed by atoms with Crippen molar-refractivity contribution in [1.82, 2.24) is 10.2 Å². The molecule has 4 atom stereocenters. The number of alkyl halides is 2. The number of nitrogens with one attached hydrogen (secondary N) is 1. The summed E-state index contributed by atoms with van der Waals surface area (Å²) in [5.41, 5.74) is 9.39. The van der Waals surface area contributed by atoms with Gasteiger partial charge < -0.3 is 25.4 Å². The molecule has 134 valence electrons. The van der Waals surface area contributed by atoms with Crippen molar-refractivity contribution in [3.05, 3.63) is 46.3 Å². The fraction of sp³-hybridized carbons (Fsp3) is 0.556. The van der Waals surface area contributed by atoms with Gasteiger partial charge in [-0.25, -0.2) is 0 Å². The lowest BCUT2D eigenvalue weighted by Crippen LogP contribution is -2.38. The summed E-state index contributed by atoms with van der Waals surface area (Å²) in [6, 6.07) is 0. The van der Waals surface area contributed by atoms with Crippen LogP contribution < -0.4 is 11.1 Å². The molecule has 25 heavy (non-hydrogen) atoms. The number of halogens is 2. The predicted molar refractivity (Wildman–Crippen MR) is 86.8 cm³/mol. The molecule has 2 fully saturated rings. The van der Waals surface area contributed by atoms with Crippen LogP contribution in [0.3, 0.4) is 0 Å². The molecule has 3 N–H and O–H groups in total. The van der Waals surface area contributed by atoms with Gasteiger partial charge >= 0.3 is 5.92 Å². The minimum Gasteiger partial charge on any atom is -0.486 e. The Balaban J connectivity index is 1.65. The van der Waals surface area contributed by atoms with Crippen LogP contribution >= 0.6 is 0 Å². The van der Waals surface area contributed by atoms with Gasteiger partial charge in [0.05, 0.1) is 17.3 Å². The number of hydrogen-bond acceptors (Lipinski definition) is 5. The van der Waals surface area contributed by atoms with Crippen LogP contribution in [0.5, 0.6) is 0 Å². The maximum Gasteiger partial charge on any atom is 0.320 e. The van der Waals surface area contributed by atoms with E-state index in [1.807, 2.05) is 26.1 Å². The molecule has 0 radical (unpaired) electrons. The molecule has 3 aliphatic heterocycles. The zero-order valence-corrected chi connectivity index (χ0v) is 14.2. The molecule has 4 unspecified atom stereocenters. The second-order valence-electron chi connectivity index (χ2n) is 7.46. The number of likely N-dealkylation sites (N-methyl/N-ethyl adjacent to an activating group) is 1. The molecule has 0 bridgehead atoms. The van der Waals surface area contributed by atoms with E-state index in [2.05, 4.69) is 10.2 Å². The van der Waals surface area contributed by atoms with E-state index in [-0.39, 0.29) is 29.9 Å². The van der Waals surface area contributed by atoms with Gasteiger partial charge in [0.15, 0.2) is 18.9 Å². The second kappa shape index (κ2) is 4.78. The van der Waals surface area contributed by atoms with Gasteiger partial charge in [0, 0.05) is 24.4 Å². The van der Waals surface area contributed by atoms with Crippen molar-refractivity contribution in [3.8, 4) is 0 Å². The molecule has 0 aromatic carbocycles. The lowest BCUT2D eigenvalue weighted by atomic mass is 9.81. The Hall–Kier alpha value is -2.02. The minimum atomic E-state index is -3.02. The Morgan fingerprint density at radius 3 is 2.80 bits per heavy atom. The Morgan fingerprint density at radius 1 is 1.32 bits per heavy atom. The summed E-state index contributed by atoms with van der Waals surface area (Å²) in [6.45, 7) is 1.37. The molecule has 3 heterocycles. The van der Waals surface area contributed by atoms with Crippen LogP contribution in [0, 0.1) is 11.8 Å². The topological polar surface area (TPSA) is 63.1 Å². The first-order chi connectivity index (χ1) is 11.9. The molecule has 0 aromatic heterocycles. The van der Waals surface area contributed by atoms with E-state index in [1.165, 1.54) is 0 Å². The smallest absolute Gasteiger partial charge is 0.320 e. The van der Waals surface area contributed by atoms with Gasteiger partial charge in [-0.3, -0.25) is 0 Å². The summed E-state index contributed by atoms with van der Waals surface area (Å²) < 4.78 is 40.6. The van der Waals surface area contributed by atoms with Gasteiger partial charge in [-0.1, -0.05) is 6.92 Å². The molecule has 5 aliphatic rings. The highest BCUT2D eigenvalue weighted by atomic mass is 19.3. The Labute approximate surface area is 144 Å². The number of fused-ring (bicyclic) bond motifs is 4. The molecule has 1 saturated heterocycles. The van der Waals surface area contributed by atoms with E-state index in [4.69, 9.17) is 15.2 Å². The molecule has 2 aliphatic carbocycles. The lowest BCUT2D eigenvalue weighted by Gasteiger charge is -2.35. The Kier molecular flexibility index (Phi) is 2.92. The van der Waals surface area contributed by atoms with Gasteiger partial charge in [0.25, 0.3) is 0 Å². The van der Waals surface area contributed by atoms with Gasteiger partial charge in [0.1, 0.15) is 5.76 Å². The summed E-state index contributed by atoms with van der Waals surface area (Å²) in [5.74, 6) is -2.68. The standard InChI is InChI=1S/C18H21F2N3O2/c1-8-10(21)5-6-11-12(8)13-14(15-17(25-15)23(11)2)24-7-18(19,20)16(22-13)9-3-4-9/h5-6,8,12,15,17,22H,3-4,7,21H2,1-2H3. The fourth-order valence-electron chi connectivity index (χ4n) is 4.09. The van der Waals surface area contributed by atoms with Gasteiger partial charge in [-0.15, -0.1) is 0 Å². The first-order valence-electron chi connectivity index (χ1n) is 8.68. The summed E-state index contributed by atoms with van der Waals surface area (Å²) >= 11 is 0. The molecule has 0 amide bonds. The van der Waals surface area contributed by atoms with Crippen molar-refractivity contribution in [2.75, 3.05) is 13.7 Å². The minimum absolute atomic E-state index is 0.0129. The molecular weight excluding hydrogens is 328 g/mol. The average molecular weight is 349 g/mol. The van der Waals surface area contributed by atoms with Gasteiger partial charge in [-0.2, -0.15) is 8.78 Å². The Bertz CT molecular complexity index is 777. The molecule has 7 heteroatoms. The monoisotopic (exact) mass is 349 g/mol. The van der Waals surface area contributed by atoms with Crippen LogP contribution in [-0.4, -0.2) is 36.8 Å². The van der Waals surface area contributed by atoms with E-state index in [9.17, 15) is 8.78 Å². The maximum atomic E-state index is 14.6. The van der Waals surface area contributed by atoms with Crippen molar-refractivity contribution in [2.45, 2.75) is 38.0 Å². The van der Waals surface area contributed by atoms with E-state index in [0.29, 0.717) is 24.3 Å². The van der Waals surface area contributed by atoms with Crippen molar-refractivity contribution in [1.29, 1.82) is 0 Å². The Morgan fingerprint density at radius 2 is 2.08 bits per heavy atom. The summed E-state index contributed by atoms with van der Waals surface area (Å²) in [6.07, 6.45) is 4.80. The molecule has 0 spiro atoms. The van der Waals surface area contributed by atoms with E-state index >= 15 is 0 Å². The number of nitrogens with zero attached hydrogens (tertiary/aromatic N) is 1. The number of rotatable bonds is 0. The largest absolute Gasteiger partial charge is 0.486 e. The lowest BCUT2D eigenvalue weighted by molar-refractivity contribution is -0.0300. The number of allylic oxidation sites excluding steroid dienone is 4. The van der Waals surface area contributed by atoms with Crippen LogP contribution in [0.1, 0.15) is 19.8 Å². The third-order valence-electron chi connectivity index (χ3n) is 5.77. The normalized spacial score (nSPS) is 38.2. The first kappa shape index (κ1) is 15.3. The predicted octanol–water partition coefficient (Wildman–Crippen LogP) is 2.16. The summed E-state index contributed by atoms with van der Waals surface area (Å²) in [7, 11) is 1.97. The van der Waals surface area contributed by atoms with E-state index in [1.54, 1.807) is 0 Å². The number of nitrogens with two attached hydrogens (primary N) is 1. The number of epoxide rings is 1. The second-order valence-corrected chi connectivity index (χ2v) is 7.46. The van der Waals surface area contributed by atoms with Crippen LogP contribution in [0.15, 0.2) is 46.3 Å². The molecule has 5 nitrogen and oxygen atoms in total. The molecular formula is C18H21F2N3O2. The van der Waals surface area contributed by atoms with Crippen LogP contribution in [0.25, 0.3) is 0 Å². The third-order valence-corrected chi connectivity index (χ3v) is 5.77. The zero-order chi connectivity index (χ0) is 17.5. The molecule has 5 rings (SSSR count). The van der Waals surface area contributed by atoms with Crippen molar-refractivity contribution in [2.24, 2.45) is 17.6 Å². The maximum absolute atomic E-state index is 14.6. The highest BCUT2D eigenvalue weighted by Gasteiger charge is 2.56. The van der Waals surface area contributed by atoms with Crippen molar-refractivity contribution >= 4 is 0 Å². The number of ether oxygens (including phenoxy) is 2. The van der Waals surface area contributed by atoms with Crippen molar-refractivity contribution < 1.29 is 18.3 Å². The van der Waals surface area contributed by atoms with Gasteiger partial charge in [0.2, 0.25) is 0 Å². The SMILES string of the molecule is CC1C(N)=CC=C2C1C1=C(OCC(F)(F)C(=C3CC3)N1)C1OC1N2C. The summed E-state index contributed by atoms with van der Waals surface area (Å²) in [4.78, 5) is 2.07. The average Bonchev–Trinajstić information content (AvgIpc) is 3.43. The van der Waals surface area contributed by atoms with Crippen molar-refractivity contribution in [3.63, 3.8) is 0 Å². The number of hydrogen-bond donors (Lipinski definition) is 2. The van der Waals surface area contributed by atoms with Gasteiger partial charge in [-0.05, 0) is 30.6 Å².